The van der Waals surface area contributed by atoms with Crippen molar-refractivity contribution in [2.24, 2.45) is 0 Å². The highest BCUT2D eigenvalue weighted by molar-refractivity contribution is 5.98. The molecule has 132 valence electrons. The van der Waals surface area contributed by atoms with E-state index in [-0.39, 0.29) is 11.7 Å². The van der Waals surface area contributed by atoms with Crippen molar-refractivity contribution in [1.82, 2.24) is 19.6 Å². The molecule has 1 aliphatic rings. The molecule has 1 unspecified atom stereocenters. The van der Waals surface area contributed by atoms with Crippen LogP contribution in [0.25, 0.3) is 17.2 Å². The number of hydrogen-bond donors (Lipinski definition) is 0. The number of rotatable bonds is 2. The lowest BCUT2D eigenvalue weighted by Crippen LogP contribution is -2.22. The third-order valence-corrected chi connectivity index (χ3v) is 5.22. The summed E-state index contributed by atoms with van der Waals surface area (Å²) >= 11 is 0. The van der Waals surface area contributed by atoms with E-state index in [1.165, 1.54) is 11.1 Å². The smallest absolute Gasteiger partial charge is 0.252 e. The second kappa shape index (κ2) is 6.13. The molecule has 0 bridgehead atoms. The quantitative estimate of drug-likeness (QED) is 0.546. The van der Waals surface area contributed by atoms with Crippen LogP contribution in [0, 0.1) is 6.92 Å². The molecule has 2 aromatic carbocycles. The number of Topliss-reactive ketones (excluding diaryl/α,β-unsaturated/α-hetero) is 1. The molecule has 5 nitrogen and oxygen atoms in total. The summed E-state index contributed by atoms with van der Waals surface area (Å²) in [5.41, 5.74) is 4.91. The predicted molar refractivity (Wildman–Crippen MR) is 103 cm³/mol. The molecule has 1 aliphatic carbocycles. The van der Waals surface area contributed by atoms with E-state index in [0.29, 0.717) is 23.6 Å². The van der Waals surface area contributed by atoms with Gasteiger partial charge in [-0.25, -0.2) is 4.98 Å². The number of fused-ring (bicyclic) bond motifs is 3. The van der Waals surface area contributed by atoms with Gasteiger partial charge in [-0.1, -0.05) is 60.2 Å². The molecule has 0 fully saturated rings. The Hall–Kier alpha value is -3.34. The number of aromatic nitrogens is 4. The van der Waals surface area contributed by atoms with Gasteiger partial charge in [-0.05, 0) is 24.8 Å². The van der Waals surface area contributed by atoms with Crippen molar-refractivity contribution in [3.05, 3.63) is 83.2 Å². The summed E-state index contributed by atoms with van der Waals surface area (Å²) in [5.74, 6) is 1.43. The third kappa shape index (κ3) is 2.72. The van der Waals surface area contributed by atoms with Crippen LogP contribution in [0.1, 0.15) is 39.5 Å². The summed E-state index contributed by atoms with van der Waals surface area (Å²) in [6, 6.07) is 18.3. The summed E-state index contributed by atoms with van der Waals surface area (Å²) in [5, 5.41) is 4.66. The fourth-order valence-corrected chi connectivity index (χ4v) is 3.73. The summed E-state index contributed by atoms with van der Waals surface area (Å²) in [7, 11) is 0. The van der Waals surface area contributed by atoms with Gasteiger partial charge in [0.2, 0.25) is 0 Å². The lowest BCUT2D eigenvalue weighted by atomic mass is 9.82. The summed E-state index contributed by atoms with van der Waals surface area (Å²) in [6.07, 6.45) is 2.91. The van der Waals surface area contributed by atoms with E-state index < -0.39 is 0 Å². The lowest BCUT2D eigenvalue weighted by molar-refractivity contribution is 0.0962. The number of nitrogens with zero attached hydrogens (tertiary/aromatic N) is 4. The van der Waals surface area contributed by atoms with Crippen molar-refractivity contribution in [3.8, 4) is 11.4 Å². The van der Waals surface area contributed by atoms with Gasteiger partial charge in [-0.2, -0.15) is 9.50 Å². The largest absolute Gasteiger partial charge is 0.294 e. The van der Waals surface area contributed by atoms with E-state index in [2.05, 4.69) is 46.3 Å². The second-order valence-corrected chi connectivity index (χ2v) is 7.07. The van der Waals surface area contributed by atoms with Crippen LogP contribution in [-0.4, -0.2) is 25.4 Å². The zero-order chi connectivity index (χ0) is 18.4. The summed E-state index contributed by atoms with van der Waals surface area (Å²) < 4.78 is 1.75. The van der Waals surface area contributed by atoms with Crippen LogP contribution in [0.4, 0.5) is 0 Å². The van der Waals surface area contributed by atoms with Crippen LogP contribution in [0.15, 0.2) is 60.8 Å². The fraction of sp³-hybridized carbons (Fsp3) is 0.182. The fourth-order valence-electron chi connectivity index (χ4n) is 3.73. The Morgan fingerprint density at radius 2 is 1.78 bits per heavy atom. The van der Waals surface area contributed by atoms with Crippen molar-refractivity contribution in [2.75, 3.05) is 0 Å². The molecule has 0 saturated heterocycles. The molecule has 4 aromatic rings. The average molecular weight is 354 g/mol. The molecule has 0 saturated carbocycles. The van der Waals surface area contributed by atoms with Gasteiger partial charge in [-0.3, -0.25) is 4.79 Å². The lowest BCUT2D eigenvalue weighted by Gasteiger charge is -2.24. The average Bonchev–Trinajstić information content (AvgIpc) is 3.14. The molecule has 0 radical (unpaired) electrons. The maximum absolute atomic E-state index is 12.8. The Labute approximate surface area is 156 Å². The van der Waals surface area contributed by atoms with Crippen LogP contribution in [0.3, 0.4) is 0 Å². The maximum Gasteiger partial charge on any atom is 0.252 e. The van der Waals surface area contributed by atoms with E-state index in [1.807, 2.05) is 30.3 Å². The minimum absolute atomic E-state index is 0.119. The van der Waals surface area contributed by atoms with Gasteiger partial charge in [0, 0.05) is 18.2 Å². The van der Waals surface area contributed by atoms with Gasteiger partial charge >= 0.3 is 0 Å². The Morgan fingerprint density at radius 3 is 2.56 bits per heavy atom. The normalized spacial score (nSPS) is 16.5. The van der Waals surface area contributed by atoms with Crippen LogP contribution >= 0.6 is 0 Å². The highest BCUT2D eigenvalue weighted by atomic mass is 16.1. The second-order valence-electron chi connectivity index (χ2n) is 7.07. The monoisotopic (exact) mass is 354 g/mol. The summed E-state index contributed by atoms with van der Waals surface area (Å²) in [4.78, 5) is 21.7. The Kier molecular flexibility index (Phi) is 3.60. The van der Waals surface area contributed by atoms with Gasteiger partial charge in [-0.15, -0.1) is 5.10 Å². The van der Waals surface area contributed by atoms with Crippen molar-refractivity contribution in [2.45, 2.75) is 25.7 Å². The molecule has 2 aromatic heterocycles. The van der Waals surface area contributed by atoms with Crippen LogP contribution in [-0.2, 0) is 6.42 Å². The molecule has 5 heteroatoms. The highest BCUT2D eigenvalue weighted by Gasteiger charge is 2.29. The first-order valence-electron chi connectivity index (χ1n) is 9.09. The van der Waals surface area contributed by atoms with Crippen molar-refractivity contribution in [1.29, 1.82) is 0 Å². The van der Waals surface area contributed by atoms with Gasteiger partial charge in [0.25, 0.3) is 5.78 Å². The molecule has 2 heterocycles. The van der Waals surface area contributed by atoms with E-state index in [0.717, 1.165) is 17.7 Å². The van der Waals surface area contributed by atoms with Crippen molar-refractivity contribution >= 4 is 11.6 Å². The van der Waals surface area contributed by atoms with Crippen LogP contribution in [0.5, 0.6) is 0 Å². The van der Waals surface area contributed by atoms with E-state index >= 15 is 0 Å². The predicted octanol–water partition coefficient (Wildman–Crippen LogP) is 4.01. The molecule has 5 rings (SSSR count). The molecule has 1 atom stereocenters. The molecular weight excluding hydrogens is 336 g/mol. The van der Waals surface area contributed by atoms with Crippen molar-refractivity contribution < 1.29 is 4.79 Å². The highest BCUT2D eigenvalue weighted by Crippen LogP contribution is 2.33. The Bertz CT molecular complexity index is 1150. The first-order valence-corrected chi connectivity index (χ1v) is 9.09. The topological polar surface area (TPSA) is 60.2 Å². The SMILES string of the molecule is Cc1ccc(C2CC(=O)c3cnc4nc(-c5ccccc5)nn4c3C2)cc1. The molecule has 27 heavy (non-hydrogen) atoms. The molecule has 0 N–H and O–H groups in total. The minimum atomic E-state index is 0.119. The number of benzene rings is 2. The molecular formula is C22H18N4O. The number of hydrogen-bond acceptors (Lipinski definition) is 4. The first kappa shape index (κ1) is 15.9. The number of carbonyl (C=O) groups is 1. The van der Waals surface area contributed by atoms with Gasteiger partial charge < -0.3 is 0 Å². The van der Waals surface area contributed by atoms with Gasteiger partial charge in [0.15, 0.2) is 11.6 Å². The third-order valence-electron chi connectivity index (χ3n) is 5.22. The van der Waals surface area contributed by atoms with E-state index in [1.54, 1.807) is 10.7 Å². The first-order chi connectivity index (χ1) is 13.2. The number of aryl methyl sites for hydroxylation is 1. The number of ketones is 1. The van der Waals surface area contributed by atoms with E-state index in [9.17, 15) is 4.79 Å². The van der Waals surface area contributed by atoms with E-state index in [4.69, 9.17) is 0 Å². The standard InChI is InChI=1S/C22H18N4O/c1-14-7-9-15(10-8-14)17-11-19-18(20(27)12-17)13-23-22-24-21(25-26(19)22)16-5-3-2-4-6-16/h2-10,13,17H,11-12H2,1H3. The number of carbonyl (C=O) groups excluding carboxylic acids is 1. The minimum Gasteiger partial charge on any atom is -0.294 e. The summed E-state index contributed by atoms with van der Waals surface area (Å²) in [6.45, 7) is 2.07. The van der Waals surface area contributed by atoms with Crippen LogP contribution in [0.2, 0.25) is 0 Å². The zero-order valence-corrected chi connectivity index (χ0v) is 15.0. The molecule has 0 amide bonds. The van der Waals surface area contributed by atoms with Gasteiger partial charge in [0.05, 0.1) is 11.3 Å². The Morgan fingerprint density at radius 1 is 1.00 bits per heavy atom. The Balaban J connectivity index is 1.61. The zero-order valence-electron chi connectivity index (χ0n) is 15.0. The maximum atomic E-state index is 12.8. The molecule has 0 aliphatic heterocycles. The molecule has 0 spiro atoms. The van der Waals surface area contributed by atoms with Crippen LogP contribution < -0.4 is 0 Å². The van der Waals surface area contributed by atoms with Gasteiger partial charge in [0.1, 0.15) is 0 Å². The van der Waals surface area contributed by atoms with Crippen molar-refractivity contribution in [3.63, 3.8) is 0 Å².